The van der Waals surface area contributed by atoms with Crippen molar-refractivity contribution >= 4 is 5.69 Å². The summed E-state index contributed by atoms with van der Waals surface area (Å²) in [5.74, 6) is 0. The van der Waals surface area contributed by atoms with E-state index in [1.807, 2.05) is 0 Å². The van der Waals surface area contributed by atoms with E-state index in [0.29, 0.717) is 6.04 Å². The van der Waals surface area contributed by atoms with Gasteiger partial charge < -0.3 is 10.2 Å². The van der Waals surface area contributed by atoms with Crippen molar-refractivity contribution in [3.05, 3.63) is 29.8 Å². The van der Waals surface area contributed by atoms with E-state index in [1.165, 1.54) is 17.7 Å². The predicted octanol–water partition coefficient (Wildman–Crippen LogP) is 2.64. The van der Waals surface area contributed by atoms with Crippen molar-refractivity contribution in [3.8, 4) is 0 Å². The van der Waals surface area contributed by atoms with E-state index in [2.05, 4.69) is 62.4 Å². The Labute approximate surface area is 93.3 Å². The molecule has 0 saturated carbocycles. The van der Waals surface area contributed by atoms with E-state index in [0.717, 1.165) is 6.54 Å². The lowest BCUT2D eigenvalue weighted by molar-refractivity contribution is 0.534. The van der Waals surface area contributed by atoms with E-state index >= 15 is 0 Å². The largest absolute Gasteiger partial charge is 0.378 e. The van der Waals surface area contributed by atoms with Crippen LogP contribution in [0.15, 0.2) is 24.3 Å². The number of anilines is 1. The highest BCUT2D eigenvalue weighted by Gasteiger charge is 1.99. The minimum absolute atomic E-state index is 0.596. The van der Waals surface area contributed by atoms with Gasteiger partial charge in [-0.3, -0.25) is 0 Å². The molecule has 0 aliphatic heterocycles. The summed E-state index contributed by atoms with van der Waals surface area (Å²) in [5.41, 5.74) is 2.60. The normalized spacial score (nSPS) is 12.5. The van der Waals surface area contributed by atoms with E-state index in [9.17, 15) is 0 Å². The molecule has 1 aromatic rings. The van der Waals surface area contributed by atoms with Gasteiger partial charge >= 0.3 is 0 Å². The minimum Gasteiger partial charge on any atom is -0.378 e. The molecule has 0 spiro atoms. The Hall–Kier alpha value is -1.02. The first-order chi connectivity index (χ1) is 7.13. The third-order valence-corrected chi connectivity index (χ3v) is 2.72. The third kappa shape index (κ3) is 3.92. The van der Waals surface area contributed by atoms with Crippen molar-refractivity contribution in [2.24, 2.45) is 0 Å². The van der Waals surface area contributed by atoms with E-state index < -0.39 is 0 Å². The summed E-state index contributed by atoms with van der Waals surface area (Å²) < 4.78 is 0. The number of rotatable bonds is 5. The Kier molecular flexibility index (Phi) is 4.63. The zero-order chi connectivity index (χ0) is 11.3. The number of nitrogens with one attached hydrogen (secondary N) is 1. The van der Waals surface area contributed by atoms with Crippen LogP contribution < -0.4 is 10.2 Å². The molecule has 15 heavy (non-hydrogen) atoms. The van der Waals surface area contributed by atoms with Crippen LogP contribution in [-0.4, -0.2) is 20.1 Å². The summed E-state index contributed by atoms with van der Waals surface area (Å²) in [5, 5.41) is 3.48. The Morgan fingerprint density at radius 1 is 1.20 bits per heavy atom. The quantitative estimate of drug-likeness (QED) is 0.796. The Bertz CT molecular complexity index is 277. The molecule has 84 valence electrons. The van der Waals surface area contributed by atoms with E-state index in [-0.39, 0.29) is 0 Å². The maximum absolute atomic E-state index is 3.48. The second-order valence-electron chi connectivity index (χ2n) is 4.25. The van der Waals surface area contributed by atoms with Gasteiger partial charge in [0.15, 0.2) is 0 Å². The molecule has 1 atom stereocenters. The zero-order valence-electron chi connectivity index (χ0n) is 10.2. The lowest BCUT2D eigenvalue weighted by Gasteiger charge is -2.14. The standard InChI is InChI=1S/C13H22N2/c1-5-11(2)14-10-12-6-8-13(9-7-12)15(3)4/h6-9,11,14H,5,10H2,1-4H3/t11-/m1/s1. The molecule has 0 unspecified atom stereocenters. The summed E-state index contributed by atoms with van der Waals surface area (Å²) >= 11 is 0. The molecule has 0 bridgehead atoms. The molecular formula is C13H22N2. The third-order valence-electron chi connectivity index (χ3n) is 2.72. The van der Waals surface area contributed by atoms with Gasteiger partial charge in [-0.25, -0.2) is 0 Å². The van der Waals surface area contributed by atoms with Crippen LogP contribution in [0.4, 0.5) is 5.69 Å². The summed E-state index contributed by atoms with van der Waals surface area (Å²) in [6.45, 7) is 5.38. The number of hydrogen-bond donors (Lipinski definition) is 1. The van der Waals surface area contributed by atoms with Crippen LogP contribution in [0.25, 0.3) is 0 Å². The maximum Gasteiger partial charge on any atom is 0.0361 e. The summed E-state index contributed by atoms with van der Waals surface area (Å²) in [4.78, 5) is 2.12. The number of hydrogen-bond acceptors (Lipinski definition) is 2. The molecule has 0 aliphatic rings. The van der Waals surface area contributed by atoms with Gasteiger partial charge in [-0.2, -0.15) is 0 Å². The topological polar surface area (TPSA) is 15.3 Å². The highest BCUT2D eigenvalue weighted by molar-refractivity contribution is 5.45. The molecule has 0 heterocycles. The Balaban J connectivity index is 2.50. The molecule has 0 saturated heterocycles. The smallest absolute Gasteiger partial charge is 0.0361 e. The number of benzene rings is 1. The fourth-order valence-corrected chi connectivity index (χ4v) is 1.35. The zero-order valence-corrected chi connectivity index (χ0v) is 10.2. The SMILES string of the molecule is CC[C@@H](C)NCc1ccc(N(C)C)cc1. The molecule has 0 fully saturated rings. The first-order valence-electron chi connectivity index (χ1n) is 5.63. The maximum atomic E-state index is 3.48. The van der Waals surface area contributed by atoms with Crippen LogP contribution in [0, 0.1) is 0 Å². The van der Waals surface area contributed by atoms with E-state index in [4.69, 9.17) is 0 Å². The van der Waals surface area contributed by atoms with Gasteiger partial charge in [-0.1, -0.05) is 19.1 Å². The summed E-state index contributed by atoms with van der Waals surface area (Å²) in [7, 11) is 4.12. The molecule has 0 amide bonds. The van der Waals surface area contributed by atoms with Crippen LogP contribution in [0.3, 0.4) is 0 Å². The van der Waals surface area contributed by atoms with Gasteiger partial charge in [0.25, 0.3) is 0 Å². The van der Waals surface area contributed by atoms with E-state index in [1.54, 1.807) is 0 Å². The van der Waals surface area contributed by atoms with Gasteiger partial charge in [0.2, 0.25) is 0 Å². The predicted molar refractivity (Wildman–Crippen MR) is 67.4 cm³/mol. The first-order valence-corrected chi connectivity index (χ1v) is 5.63. The molecule has 2 nitrogen and oxygen atoms in total. The Morgan fingerprint density at radius 2 is 1.80 bits per heavy atom. The molecule has 2 heteroatoms. The van der Waals surface area contributed by atoms with Crippen molar-refractivity contribution in [1.82, 2.24) is 5.32 Å². The molecule has 0 radical (unpaired) electrons. The second-order valence-corrected chi connectivity index (χ2v) is 4.25. The van der Waals surface area contributed by atoms with Crippen LogP contribution in [0.2, 0.25) is 0 Å². The molecule has 1 rings (SSSR count). The minimum atomic E-state index is 0.596. The summed E-state index contributed by atoms with van der Waals surface area (Å²) in [6, 6.07) is 9.29. The molecule has 0 aromatic heterocycles. The van der Waals surface area contributed by atoms with Gasteiger partial charge in [0.05, 0.1) is 0 Å². The van der Waals surface area contributed by atoms with Gasteiger partial charge in [0, 0.05) is 32.4 Å². The second kappa shape index (κ2) is 5.76. The average molecular weight is 206 g/mol. The fourth-order valence-electron chi connectivity index (χ4n) is 1.35. The summed E-state index contributed by atoms with van der Waals surface area (Å²) in [6.07, 6.45) is 1.18. The fraction of sp³-hybridized carbons (Fsp3) is 0.538. The van der Waals surface area contributed by atoms with Crippen LogP contribution in [0.1, 0.15) is 25.8 Å². The highest BCUT2D eigenvalue weighted by Crippen LogP contribution is 2.12. The van der Waals surface area contributed by atoms with Crippen molar-refractivity contribution in [3.63, 3.8) is 0 Å². The van der Waals surface area contributed by atoms with Gasteiger partial charge in [0.1, 0.15) is 0 Å². The lowest BCUT2D eigenvalue weighted by Crippen LogP contribution is -2.24. The van der Waals surface area contributed by atoms with Gasteiger partial charge in [-0.15, -0.1) is 0 Å². The molecule has 1 aromatic carbocycles. The Morgan fingerprint density at radius 3 is 2.27 bits per heavy atom. The van der Waals surface area contributed by atoms with Crippen molar-refractivity contribution in [2.45, 2.75) is 32.9 Å². The lowest BCUT2D eigenvalue weighted by atomic mass is 10.2. The number of nitrogens with zero attached hydrogens (tertiary/aromatic N) is 1. The van der Waals surface area contributed by atoms with Crippen molar-refractivity contribution in [2.75, 3.05) is 19.0 Å². The van der Waals surface area contributed by atoms with Crippen molar-refractivity contribution in [1.29, 1.82) is 0 Å². The first kappa shape index (κ1) is 12.1. The molecule has 0 aliphatic carbocycles. The highest BCUT2D eigenvalue weighted by atomic mass is 15.1. The van der Waals surface area contributed by atoms with Crippen LogP contribution >= 0.6 is 0 Å². The monoisotopic (exact) mass is 206 g/mol. The average Bonchev–Trinajstić information content (AvgIpc) is 2.26. The van der Waals surface area contributed by atoms with Crippen LogP contribution in [0.5, 0.6) is 0 Å². The molecular weight excluding hydrogens is 184 g/mol. The molecule has 1 N–H and O–H groups in total. The van der Waals surface area contributed by atoms with Gasteiger partial charge in [-0.05, 0) is 31.0 Å². The van der Waals surface area contributed by atoms with Crippen molar-refractivity contribution < 1.29 is 0 Å². The van der Waals surface area contributed by atoms with Crippen LogP contribution in [-0.2, 0) is 6.54 Å².